The smallest absolute Gasteiger partial charge is 0.379 e. The van der Waals surface area contributed by atoms with Gasteiger partial charge in [-0.05, 0) is 56.2 Å². The van der Waals surface area contributed by atoms with E-state index in [1.54, 1.807) is 17.0 Å². The molecule has 0 aromatic heterocycles. The van der Waals surface area contributed by atoms with Crippen LogP contribution in [0.1, 0.15) is 109 Å². The van der Waals surface area contributed by atoms with Gasteiger partial charge in [-0.2, -0.15) is 21.6 Å². The molecular weight excluding hydrogens is 539 g/mol. The standard InChI is InChI=1S/C31H44F3NO4S/c1-4-5-6-7-8-9-10-11-12-13-14-18-30(36)35(25(2)3)24-26-19-21-28(22-20-26)39-40(37,38)29-17-15-16-27(23-29)31(32,33)34/h15-17,19-23,25H,4-14,18,24H2,1-3H3. The number of hydrogen-bond donors (Lipinski definition) is 0. The number of benzene rings is 2. The third-order valence-electron chi connectivity index (χ3n) is 6.87. The lowest BCUT2D eigenvalue weighted by atomic mass is 10.0. The fourth-order valence-electron chi connectivity index (χ4n) is 4.49. The van der Waals surface area contributed by atoms with Crippen LogP contribution in [0, 0.1) is 0 Å². The lowest BCUT2D eigenvalue weighted by Crippen LogP contribution is -2.36. The van der Waals surface area contributed by atoms with E-state index in [0.717, 1.165) is 43.0 Å². The number of unbranched alkanes of at least 4 members (excludes halogenated alkanes) is 10. The van der Waals surface area contributed by atoms with E-state index < -0.39 is 26.8 Å². The molecule has 0 spiro atoms. The first-order valence-electron chi connectivity index (χ1n) is 14.4. The maximum Gasteiger partial charge on any atom is 0.416 e. The minimum atomic E-state index is -4.67. The Bertz CT molecular complexity index is 1130. The van der Waals surface area contributed by atoms with Crippen molar-refractivity contribution in [3.05, 3.63) is 59.7 Å². The van der Waals surface area contributed by atoms with Gasteiger partial charge in [-0.1, -0.05) is 89.3 Å². The summed E-state index contributed by atoms with van der Waals surface area (Å²) >= 11 is 0. The minimum Gasteiger partial charge on any atom is -0.379 e. The summed E-state index contributed by atoms with van der Waals surface area (Å²) in [5.74, 6) is 0.0583. The highest BCUT2D eigenvalue weighted by Crippen LogP contribution is 2.31. The molecule has 40 heavy (non-hydrogen) atoms. The summed E-state index contributed by atoms with van der Waals surface area (Å²) < 4.78 is 69.0. The Hall–Kier alpha value is -2.55. The molecule has 2 rings (SSSR count). The van der Waals surface area contributed by atoms with Crippen LogP contribution in [0.2, 0.25) is 0 Å². The van der Waals surface area contributed by atoms with Crippen LogP contribution in [0.5, 0.6) is 5.75 Å². The highest BCUT2D eigenvalue weighted by atomic mass is 32.2. The van der Waals surface area contributed by atoms with Crippen LogP contribution < -0.4 is 4.18 Å². The topological polar surface area (TPSA) is 63.7 Å². The molecule has 0 heterocycles. The van der Waals surface area contributed by atoms with Crippen LogP contribution in [-0.4, -0.2) is 25.3 Å². The first-order chi connectivity index (χ1) is 18.9. The SMILES string of the molecule is CCCCCCCCCCCCCC(=O)N(Cc1ccc(OS(=O)(=O)c2cccc(C(F)(F)F)c2)cc1)C(C)C. The van der Waals surface area contributed by atoms with Gasteiger partial charge in [0.1, 0.15) is 10.6 Å². The van der Waals surface area contributed by atoms with E-state index in [0.29, 0.717) is 19.0 Å². The minimum absolute atomic E-state index is 0.00239. The van der Waals surface area contributed by atoms with Crippen molar-refractivity contribution >= 4 is 16.0 Å². The molecule has 0 fully saturated rings. The molecule has 0 atom stereocenters. The second-order valence-electron chi connectivity index (χ2n) is 10.6. The molecule has 0 saturated carbocycles. The molecule has 9 heteroatoms. The summed E-state index contributed by atoms with van der Waals surface area (Å²) in [6, 6.07) is 9.61. The summed E-state index contributed by atoms with van der Waals surface area (Å²) in [5, 5.41) is 0. The van der Waals surface area contributed by atoms with Crippen LogP contribution in [-0.2, 0) is 27.6 Å². The van der Waals surface area contributed by atoms with Gasteiger partial charge in [0, 0.05) is 19.0 Å². The molecule has 224 valence electrons. The third-order valence-corrected chi connectivity index (χ3v) is 8.11. The molecule has 0 N–H and O–H groups in total. The molecule has 0 aliphatic carbocycles. The molecule has 0 unspecified atom stereocenters. The number of rotatable bonds is 18. The van der Waals surface area contributed by atoms with Crippen molar-refractivity contribution in [2.45, 2.75) is 121 Å². The lowest BCUT2D eigenvalue weighted by Gasteiger charge is -2.27. The van der Waals surface area contributed by atoms with E-state index in [1.807, 2.05) is 13.8 Å². The maximum atomic E-state index is 13.0. The predicted octanol–water partition coefficient (Wildman–Crippen LogP) is 8.91. The Morgan fingerprint density at radius 3 is 1.93 bits per heavy atom. The van der Waals surface area contributed by atoms with Crippen molar-refractivity contribution in [3.63, 3.8) is 0 Å². The average Bonchev–Trinajstić information content (AvgIpc) is 2.90. The maximum absolute atomic E-state index is 13.0. The first kappa shape index (κ1) is 33.7. The van der Waals surface area contributed by atoms with Crippen molar-refractivity contribution in [1.29, 1.82) is 0 Å². The quantitative estimate of drug-likeness (QED) is 0.130. The summed E-state index contributed by atoms with van der Waals surface area (Å²) in [6.07, 6.45) is 9.25. The largest absolute Gasteiger partial charge is 0.416 e. The number of carbonyl (C=O) groups is 1. The van der Waals surface area contributed by atoms with Gasteiger partial charge in [0.15, 0.2) is 0 Å². The zero-order chi connectivity index (χ0) is 29.6. The number of nitrogens with zero attached hydrogens (tertiary/aromatic N) is 1. The summed E-state index contributed by atoms with van der Waals surface area (Å²) in [7, 11) is -4.45. The first-order valence-corrected chi connectivity index (χ1v) is 15.8. The van der Waals surface area contributed by atoms with Gasteiger partial charge in [-0.25, -0.2) is 0 Å². The van der Waals surface area contributed by atoms with Gasteiger partial charge in [0.2, 0.25) is 5.91 Å². The van der Waals surface area contributed by atoms with Gasteiger partial charge < -0.3 is 9.08 Å². The van der Waals surface area contributed by atoms with Gasteiger partial charge in [0.25, 0.3) is 0 Å². The van der Waals surface area contributed by atoms with Crippen molar-refractivity contribution in [1.82, 2.24) is 4.90 Å². The average molecular weight is 584 g/mol. The number of halogens is 3. The zero-order valence-corrected chi connectivity index (χ0v) is 24.8. The molecule has 2 aromatic rings. The van der Waals surface area contributed by atoms with Gasteiger partial charge >= 0.3 is 16.3 Å². The van der Waals surface area contributed by atoms with Gasteiger partial charge in [-0.3, -0.25) is 4.79 Å². The molecule has 0 radical (unpaired) electrons. The highest BCUT2D eigenvalue weighted by Gasteiger charge is 2.32. The molecule has 1 amide bonds. The van der Waals surface area contributed by atoms with E-state index in [-0.39, 0.29) is 17.7 Å². The van der Waals surface area contributed by atoms with Crippen molar-refractivity contribution in [2.75, 3.05) is 0 Å². The van der Waals surface area contributed by atoms with Crippen LogP contribution in [0.4, 0.5) is 13.2 Å². The Balaban J connectivity index is 1.82. The Morgan fingerprint density at radius 2 is 1.40 bits per heavy atom. The zero-order valence-electron chi connectivity index (χ0n) is 24.0. The fourth-order valence-corrected chi connectivity index (χ4v) is 5.47. The van der Waals surface area contributed by atoms with Gasteiger partial charge in [0.05, 0.1) is 5.56 Å². The fraction of sp³-hybridized carbons (Fsp3) is 0.581. The van der Waals surface area contributed by atoms with E-state index in [4.69, 9.17) is 4.18 Å². The van der Waals surface area contributed by atoms with Crippen LogP contribution in [0.15, 0.2) is 53.4 Å². The summed E-state index contributed by atoms with van der Waals surface area (Å²) in [5.41, 5.74) is -0.274. The predicted molar refractivity (Wildman–Crippen MR) is 152 cm³/mol. The third kappa shape index (κ3) is 11.9. The Morgan fingerprint density at radius 1 is 0.850 bits per heavy atom. The van der Waals surface area contributed by atoms with Crippen molar-refractivity contribution in [2.24, 2.45) is 0 Å². The molecule has 0 aliphatic heterocycles. The molecule has 5 nitrogen and oxygen atoms in total. The molecule has 0 bridgehead atoms. The Labute approximate surface area is 238 Å². The van der Waals surface area contributed by atoms with E-state index >= 15 is 0 Å². The van der Waals surface area contributed by atoms with Crippen LogP contribution >= 0.6 is 0 Å². The highest BCUT2D eigenvalue weighted by molar-refractivity contribution is 7.87. The van der Waals surface area contributed by atoms with E-state index in [2.05, 4.69) is 6.92 Å². The number of hydrogen-bond acceptors (Lipinski definition) is 4. The van der Waals surface area contributed by atoms with Crippen LogP contribution in [0.25, 0.3) is 0 Å². The molecule has 0 aliphatic rings. The number of carbonyl (C=O) groups excluding carboxylic acids is 1. The van der Waals surface area contributed by atoms with Crippen molar-refractivity contribution < 1.29 is 30.6 Å². The molecular formula is C31H44F3NO4S. The normalized spacial score (nSPS) is 12.1. The lowest BCUT2D eigenvalue weighted by molar-refractivity contribution is -0.137. The van der Waals surface area contributed by atoms with E-state index in [9.17, 15) is 26.4 Å². The van der Waals surface area contributed by atoms with Crippen LogP contribution in [0.3, 0.4) is 0 Å². The van der Waals surface area contributed by atoms with Crippen molar-refractivity contribution in [3.8, 4) is 5.75 Å². The second-order valence-corrected chi connectivity index (χ2v) is 12.2. The monoisotopic (exact) mass is 583 g/mol. The number of amides is 1. The number of alkyl halides is 3. The summed E-state index contributed by atoms with van der Waals surface area (Å²) in [4.78, 5) is 14.1. The Kier molecular flexibility index (Phi) is 14.0. The molecule has 2 aromatic carbocycles. The van der Waals surface area contributed by atoms with E-state index in [1.165, 1.54) is 63.5 Å². The second kappa shape index (κ2) is 16.7. The van der Waals surface area contributed by atoms with Gasteiger partial charge in [-0.15, -0.1) is 0 Å². The summed E-state index contributed by atoms with van der Waals surface area (Å²) in [6.45, 7) is 6.51. The molecule has 0 saturated heterocycles.